The number of amides is 1. The van der Waals surface area contributed by atoms with Gasteiger partial charge in [-0.15, -0.1) is 11.3 Å². The molecule has 2 aromatic rings. The van der Waals surface area contributed by atoms with E-state index in [9.17, 15) is 9.59 Å². The molecule has 0 saturated carbocycles. The van der Waals surface area contributed by atoms with Crippen molar-refractivity contribution in [1.29, 1.82) is 0 Å². The summed E-state index contributed by atoms with van der Waals surface area (Å²) >= 11 is 1.36. The zero-order valence-corrected chi connectivity index (χ0v) is 14.8. The van der Waals surface area contributed by atoms with Crippen molar-refractivity contribution in [2.75, 3.05) is 27.2 Å². The van der Waals surface area contributed by atoms with Gasteiger partial charge in [0.15, 0.2) is 5.78 Å². The van der Waals surface area contributed by atoms with E-state index >= 15 is 0 Å². The Balaban J connectivity index is 2.03. The van der Waals surface area contributed by atoms with Gasteiger partial charge in [-0.25, -0.2) is 0 Å². The van der Waals surface area contributed by atoms with Gasteiger partial charge in [0.25, 0.3) is 5.91 Å². The molecule has 0 aliphatic carbocycles. The van der Waals surface area contributed by atoms with E-state index in [4.69, 9.17) is 0 Å². The Labute approximate surface area is 146 Å². The first kappa shape index (κ1) is 18.3. The van der Waals surface area contributed by atoms with Crippen molar-refractivity contribution in [2.45, 2.75) is 12.6 Å². The molecule has 24 heavy (non-hydrogen) atoms. The molecule has 2 N–H and O–H groups in total. The summed E-state index contributed by atoms with van der Waals surface area (Å²) < 4.78 is 0. The number of thiophene rings is 1. The molecule has 1 aromatic heterocycles. The molecule has 1 heterocycles. The summed E-state index contributed by atoms with van der Waals surface area (Å²) in [6.07, 6.45) is 0.157. The third-order valence-electron chi connectivity index (χ3n) is 3.47. The van der Waals surface area contributed by atoms with E-state index in [1.807, 2.05) is 43.7 Å². The zero-order chi connectivity index (χ0) is 17.4. The number of carbonyl (C=O) groups excluding carboxylic acids is 2. The van der Waals surface area contributed by atoms with Gasteiger partial charge in [-0.1, -0.05) is 36.4 Å². The highest BCUT2D eigenvalue weighted by molar-refractivity contribution is 7.12. The minimum absolute atomic E-state index is 0.134. The van der Waals surface area contributed by atoms with E-state index in [0.29, 0.717) is 17.0 Å². The average molecular weight is 345 g/mol. The standard InChI is InChI=1S/C18H23N3O2S/c1-21(2)12-7-11-19-17(16(22)14-8-4-3-5-9-14)20-18(23)15-10-6-13-24-15/h3-6,8-10,13,17,19H,7,11-12H2,1-2H3,(H,20,23)/t17-/m1/s1. The Morgan fingerprint density at radius 3 is 2.50 bits per heavy atom. The summed E-state index contributed by atoms with van der Waals surface area (Å²) in [5.74, 6) is -0.371. The summed E-state index contributed by atoms with van der Waals surface area (Å²) in [7, 11) is 4.01. The highest BCUT2D eigenvalue weighted by Crippen LogP contribution is 2.09. The third-order valence-corrected chi connectivity index (χ3v) is 4.34. The number of benzene rings is 1. The monoisotopic (exact) mass is 345 g/mol. The number of hydrogen-bond acceptors (Lipinski definition) is 5. The van der Waals surface area contributed by atoms with Gasteiger partial charge in [-0.3, -0.25) is 14.9 Å². The van der Waals surface area contributed by atoms with Crippen molar-refractivity contribution < 1.29 is 9.59 Å². The van der Waals surface area contributed by atoms with Crippen LogP contribution in [-0.2, 0) is 0 Å². The molecule has 0 saturated heterocycles. The second-order valence-electron chi connectivity index (χ2n) is 5.73. The molecule has 6 heteroatoms. The van der Waals surface area contributed by atoms with Crippen LogP contribution < -0.4 is 10.6 Å². The Hall–Kier alpha value is -2.02. The molecule has 0 bridgehead atoms. The molecule has 2 rings (SSSR count). The molecule has 0 aliphatic heterocycles. The van der Waals surface area contributed by atoms with Crippen LogP contribution in [0.1, 0.15) is 26.5 Å². The van der Waals surface area contributed by atoms with Gasteiger partial charge in [0.1, 0.15) is 6.17 Å². The van der Waals surface area contributed by atoms with Gasteiger partial charge in [0, 0.05) is 5.56 Å². The van der Waals surface area contributed by atoms with Crippen LogP contribution >= 0.6 is 11.3 Å². The highest BCUT2D eigenvalue weighted by Gasteiger charge is 2.22. The zero-order valence-electron chi connectivity index (χ0n) is 14.0. The van der Waals surface area contributed by atoms with Gasteiger partial charge in [0.2, 0.25) is 0 Å². The lowest BCUT2D eigenvalue weighted by Crippen LogP contribution is -2.51. The lowest BCUT2D eigenvalue weighted by atomic mass is 10.1. The largest absolute Gasteiger partial charge is 0.329 e. The number of hydrogen-bond donors (Lipinski definition) is 2. The molecule has 128 valence electrons. The molecule has 0 spiro atoms. The molecule has 0 radical (unpaired) electrons. The van der Waals surface area contributed by atoms with Gasteiger partial charge in [0.05, 0.1) is 4.88 Å². The first-order valence-electron chi connectivity index (χ1n) is 7.89. The summed E-state index contributed by atoms with van der Waals surface area (Å²) in [5, 5.41) is 7.81. The SMILES string of the molecule is CN(C)CCCN[C@H](NC(=O)c1cccs1)C(=O)c1ccccc1. The molecule has 1 atom stereocenters. The molecule has 1 aromatic carbocycles. The first-order chi connectivity index (χ1) is 11.6. The van der Waals surface area contributed by atoms with Crippen LogP contribution in [0.3, 0.4) is 0 Å². The molecule has 0 fully saturated rings. The minimum atomic E-state index is -0.732. The number of carbonyl (C=O) groups is 2. The van der Waals surface area contributed by atoms with Crippen molar-refractivity contribution in [3.05, 3.63) is 58.3 Å². The third kappa shape index (κ3) is 5.56. The lowest BCUT2D eigenvalue weighted by Gasteiger charge is -2.19. The minimum Gasteiger partial charge on any atom is -0.329 e. The van der Waals surface area contributed by atoms with Gasteiger partial charge >= 0.3 is 0 Å². The Morgan fingerprint density at radius 1 is 1.12 bits per heavy atom. The van der Waals surface area contributed by atoms with Gasteiger partial charge in [-0.2, -0.15) is 0 Å². The van der Waals surface area contributed by atoms with Crippen LogP contribution in [-0.4, -0.2) is 49.9 Å². The van der Waals surface area contributed by atoms with E-state index in [0.717, 1.165) is 13.0 Å². The fraction of sp³-hybridized carbons (Fsp3) is 0.333. The molecule has 1 amide bonds. The molecule has 0 aliphatic rings. The van der Waals surface area contributed by atoms with E-state index in [1.165, 1.54) is 11.3 Å². The van der Waals surface area contributed by atoms with Crippen LogP contribution in [0.25, 0.3) is 0 Å². The predicted molar refractivity (Wildman–Crippen MR) is 97.5 cm³/mol. The quantitative estimate of drug-likeness (QED) is 0.416. The van der Waals surface area contributed by atoms with Crippen LogP contribution in [0.15, 0.2) is 47.8 Å². The number of rotatable bonds is 9. The van der Waals surface area contributed by atoms with E-state index in [1.54, 1.807) is 18.2 Å². The second kappa shape index (κ2) is 9.32. The number of Topliss-reactive ketones (excluding diaryl/α,β-unsaturated/α-hetero) is 1. The number of nitrogens with zero attached hydrogens (tertiary/aromatic N) is 1. The van der Waals surface area contributed by atoms with Crippen molar-refractivity contribution in [2.24, 2.45) is 0 Å². The van der Waals surface area contributed by atoms with Crippen molar-refractivity contribution in [3.8, 4) is 0 Å². The van der Waals surface area contributed by atoms with Crippen molar-refractivity contribution in [1.82, 2.24) is 15.5 Å². The maximum absolute atomic E-state index is 12.7. The van der Waals surface area contributed by atoms with Gasteiger partial charge in [-0.05, 0) is 45.1 Å². The van der Waals surface area contributed by atoms with Gasteiger partial charge < -0.3 is 10.2 Å². The lowest BCUT2D eigenvalue weighted by molar-refractivity contribution is 0.0840. The highest BCUT2D eigenvalue weighted by atomic mass is 32.1. The smallest absolute Gasteiger partial charge is 0.262 e. The average Bonchev–Trinajstić information content (AvgIpc) is 3.12. The van der Waals surface area contributed by atoms with E-state index < -0.39 is 6.17 Å². The molecular weight excluding hydrogens is 322 g/mol. The maximum atomic E-state index is 12.7. The van der Waals surface area contributed by atoms with Crippen molar-refractivity contribution >= 4 is 23.0 Å². The Morgan fingerprint density at radius 2 is 1.88 bits per heavy atom. The summed E-state index contributed by atoms with van der Waals surface area (Å²) in [6, 6.07) is 12.6. The number of ketones is 1. The van der Waals surface area contributed by atoms with Crippen LogP contribution in [0.5, 0.6) is 0 Å². The summed E-state index contributed by atoms with van der Waals surface area (Å²) in [5.41, 5.74) is 0.578. The first-order valence-corrected chi connectivity index (χ1v) is 8.77. The Bertz CT molecular complexity index is 642. The fourth-order valence-electron chi connectivity index (χ4n) is 2.23. The van der Waals surface area contributed by atoms with Crippen LogP contribution in [0.4, 0.5) is 0 Å². The molecular formula is C18H23N3O2S. The second-order valence-corrected chi connectivity index (χ2v) is 6.67. The Kier molecular flexibility index (Phi) is 7.11. The van der Waals surface area contributed by atoms with Crippen LogP contribution in [0, 0.1) is 0 Å². The topological polar surface area (TPSA) is 61.4 Å². The number of nitrogens with one attached hydrogen (secondary N) is 2. The van der Waals surface area contributed by atoms with E-state index in [2.05, 4.69) is 15.5 Å². The van der Waals surface area contributed by atoms with Crippen LogP contribution in [0.2, 0.25) is 0 Å². The normalized spacial score (nSPS) is 12.1. The van der Waals surface area contributed by atoms with Crippen molar-refractivity contribution in [3.63, 3.8) is 0 Å². The van der Waals surface area contributed by atoms with E-state index in [-0.39, 0.29) is 11.7 Å². The summed E-state index contributed by atoms with van der Waals surface area (Å²) in [4.78, 5) is 27.7. The maximum Gasteiger partial charge on any atom is 0.262 e. The molecule has 0 unspecified atom stereocenters. The fourth-order valence-corrected chi connectivity index (χ4v) is 2.86. The predicted octanol–water partition coefficient (Wildman–Crippen LogP) is 2.23. The molecule has 5 nitrogen and oxygen atoms in total. The summed E-state index contributed by atoms with van der Waals surface area (Å²) in [6.45, 7) is 1.56.